The Labute approximate surface area is 194 Å². The van der Waals surface area contributed by atoms with Crippen molar-refractivity contribution in [3.05, 3.63) is 65.5 Å². The molecule has 178 valence electrons. The normalized spacial score (nSPS) is 19.2. The molecule has 1 aromatic rings. The molecule has 2 atom stereocenters. The van der Waals surface area contributed by atoms with Crippen molar-refractivity contribution in [1.82, 2.24) is 0 Å². The van der Waals surface area contributed by atoms with Crippen molar-refractivity contribution in [2.24, 2.45) is 5.92 Å². The number of aryl methyl sites for hydroxylation is 1. The molecule has 32 heavy (non-hydrogen) atoms. The molecule has 4 heteroatoms. The summed E-state index contributed by atoms with van der Waals surface area (Å²) in [6.45, 7) is 12.1. The Morgan fingerprint density at radius 1 is 1.22 bits per heavy atom. The standard InChI is InChI=1S/C26H36O4.C2H6/c1-5-10-21(6-2)30-26(3,4)18-9-13-19-11-7-14-22(19)23-15-8-12-20(25(23)29)16-17-24(27)28;1-2/h5-6,8-10,12-13,15,19,22,29H,7,11,14,16-18H2,1-4H3,(H,27,28);1-2H3/b10-5-,13-9+,21-6+;/t19?,22-;/m0./s1. The first-order valence-corrected chi connectivity index (χ1v) is 11.9. The molecule has 1 saturated carbocycles. The molecule has 0 radical (unpaired) electrons. The Balaban J connectivity index is 0.00000249. The van der Waals surface area contributed by atoms with Crippen LogP contribution >= 0.6 is 0 Å². The number of carbonyl (C=O) groups is 1. The lowest BCUT2D eigenvalue weighted by atomic mass is 9.86. The van der Waals surface area contributed by atoms with E-state index in [4.69, 9.17) is 9.84 Å². The molecular formula is C28H42O4. The summed E-state index contributed by atoms with van der Waals surface area (Å²) in [6, 6.07) is 5.74. The third-order valence-corrected chi connectivity index (χ3v) is 5.73. The maximum atomic E-state index is 10.9. The Hall–Kier alpha value is -2.49. The van der Waals surface area contributed by atoms with Crippen LogP contribution in [0.15, 0.2) is 54.3 Å². The van der Waals surface area contributed by atoms with Gasteiger partial charge in [0.05, 0.1) is 0 Å². The van der Waals surface area contributed by atoms with Gasteiger partial charge in [-0.2, -0.15) is 0 Å². The number of rotatable bonds is 10. The summed E-state index contributed by atoms with van der Waals surface area (Å²) in [6.07, 6.45) is 14.8. The molecule has 1 fully saturated rings. The van der Waals surface area contributed by atoms with Gasteiger partial charge in [-0.3, -0.25) is 4.79 Å². The summed E-state index contributed by atoms with van der Waals surface area (Å²) in [5, 5.41) is 19.7. The molecular weight excluding hydrogens is 400 g/mol. The number of allylic oxidation sites excluding steroid dienone is 4. The van der Waals surface area contributed by atoms with E-state index in [0.717, 1.165) is 42.6 Å². The first-order valence-electron chi connectivity index (χ1n) is 11.9. The van der Waals surface area contributed by atoms with Gasteiger partial charge in [0.1, 0.15) is 17.1 Å². The summed E-state index contributed by atoms with van der Waals surface area (Å²) in [5.74, 6) is 0.943. The Bertz CT molecular complexity index is 802. The van der Waals surface area contributed by atoms with Crippen LogP contribution < -0.4 is 0 Å². The minimum absolute atomic E-state index is 0.0293. The van der Waals surface area contributed by atoms with E-state index in [-0.39, 0.29) is 23.7 Å². The summed E-state index contributed by atoms with van der Waals surface area (Å²) in [7, 11) is 0. The molecule has 0 amide bonds. The second-order valence-corrected chi connectivity index (χ2v) is 8.64. The molecule has 4 nitrogen and oxygen atoms in total. The van der Waals surface area contributed by atoms with Crippen molar-refractivity contribution in [1.29, 1.82) is 0 Å². The van der Waals surface area contributed by atoms with Crippen molar-refractivity contribution in [3.63, 3.8) is 0 Å². The number of hydrogen-bond donors (Lipinski definition) is 2. The Morgan fingerprint density at radius 3 is 2.56 bits per heavy atom. The van der Waals surface area contributed by atoms with Crippen LogP contribution in [-0.4, -0.2) is 21.8 Å². The summed E-state index contributed by atoms with van der Waals surface area (Å²) >= 11 is 0. The van der Waals surface area contributed by atoms with Crippen LogP contribution in [-0.2, 0) is 16.0 Å². The maximum absolute atomic E-state index is 10.9. The molecule has 1 aliphatic rings. The van der Waals surface area contributed by atoms with Gasteiger partial charge in [0, 0.05) is 12.8 Å². The summed E-state index contributed by atoms with van der Waals surface area (Å²) in [5.41, 5.74) is 1.37. The highest BCUT2D eigenvalue weighted by molar-refractivity contribution is 5.67. The number of phenolic OH excluding ortho intramolecular Hbond substituents is 1. The van der Waals surface area contributed by atoms with E-state index in [9.17, 15) is 9.90 Å². The maximum Gasteiger partial charge on any atom is 0.303 e. The molecule has 1 aliphatic carbocycles. The van der Waals surface area contributed by atoms with E-state index in [1.807, 2.05) is 64.1 Å². The van der Waals surface area contributed by atoms with Crippen molar-refractivity contribution in [2.75, 3.05) is 0 Å². The first-order chi connectivity index (χ1) is 15.3. The highest BCUT2D eigenvalue weighted by Gasteiger charge is 2.29. The fourth-order valence-corrected chi connectivity index (χ4v) is 4.20. The Morgan fingerprint density at radius 2 is 1.94 bits per heavy atom. The molecule has 0 aromatic heterocycles. The van der Waals surface area contributed by atoms with E-state index in [0.29, 0.717) is 12.3 Å². The molecule has 0 heterocycles. The highest BCUT2D eigenvalue weighted by Crippen LogP contribution is 2.44. The largest absolute Gasteiger partial charge is 0.507 e. The van der Waals surface area contributed by atoms with Crippen LogP contribution in [0.2, 0.25) is 0 Å². The molecule has 0 aliphatic heterocycles. The van der Waals surface area contributed by atoms with Gasteiger partial charge in [0.15, 0.2) is 0 Å². The van der Waals surface area contributed by atoms with Gasteiger partial charge in [-0.05, 0) is 82.1 Å². The number of aromatic hydroxyl groups is 1. The molecule has 0 saturated heterocycles. The lowest BCUT2D eigenvalue weighted by Gasteiger charge is -2.26. The van der Waals surface area contributed by atoms with Gasteiger partial charge < -0.3 is 14.9 Å². The minimum Gasteiger partial charge on any atom is -0.507 e. The highest BCUT2D eigenvalue weighted by atomic mass is 16.5. The van der Waals surface area contributed by atoms with Crippen molar-refractivity contribution < 1.29 is 19.7 Å². The fourth-order valence-electron chi connectivity index (χ4n) is 4.20. The van der Waals surface area contributed by atoms with E-state index < -0.39 is 5.97 Å². The lowest BCUT2D eigenvalue weighted by Crippen LogP contribution is -2.22. The van der Waals surface area contributed by atoms with E-state index in [2.05, 4.69) is 26.0 Å². The van der Waals surface area contributed by atoms with Crippen molar-refractivity contribution in [3.8, 4) is 5.75 Å². The zero-order valence-corrected chi connectivity index (χ0v) is 20.7. The van der Waals surface area contributed by atoms with Gasteiger partial charge in [-0.15, -0.1) is 0 Å². The topological polar surface area (TPSA) is 66.8 Å². The van der Waals surface area contributed by atoms with Crippen LogP contribution in [0.25, 0.3) is 0 Å². The number of carboxylic acid groups (broad SMARTS) is 1. The fraction of sp³-hybridized carbons (Fsp3) is 0.536. The SMILES string of the molecule is C/C=C\C(=C/C)OC(C)(C)C/C=C/C1CCC[C@@H]1c1cccc(CCC(=O)O)c1O.CC. The van der Waals surface area contributed by atoms with Gasteiger partial charge in [0.2, 0.25) is 0 Å². The zero-order valence-electron chi connectivity index (χ0n) is 20.7. The number of phenols is 1. The van der Waals surface area contributed by atoms with E-state index in [1.165, 1.54) is 0 Å². The second kappa shape index (κ2) is 13.8. The van der Waals surface area contributed by atoms with E-state index >= 15 is 0 Å². The van der Waals surface area contributed by atoms with Crippen molar-refractivity contribution >= 4 is 5.97 Å². The van der Waals surface area contributed by atoms with Gasteiger partial charge in [-0.1, -0.05) is 56.7 Å². The summed E-state index contributed by atoms with van der Waals surface area (Å²) < 4.78 is 6.12. The predicted molar refractivity (Wildman–Crippen MR) is 133 cm³/mol. The average molecular weight is 443 g/mol. The van der Waals surface area contributed by atoms with E-state index in [1.54, 1.807) is 0 Å². The lowest BCUT2D eigenvalue weighted by molar-refractivity contribution is -0.136. The number of ether oxygens (including phenoxy) is 1. The quantitative estimate of drug-likeness (QED) is 0.223. The van der Waals surface area contributed by atoms with Gasteiger partial charge >= 0.3 is 5.97 Å². The first kappa shape index (κ1) is 27.5. The zero-order chi connectivity index (χ0) is 24.1. The van der Waals surface area contributed by atoms with Crippen LogP contribution in [0.5, 0.6) is 5.75 Å². The third-order valence-electron chi connectivity index (χ3n) is 5.73. The molecule has 0 spiro atoms. The van der Waals surface area contributed by atoms with Crippen LogP contribution in [0.3, 0.4) is 0 Å². The van der Waals surface area contributed by atoms with Crippen LogP contribution in [0.4, 0.5) is 0 Å². The predicted octanol–water partition coefficient (Wildman–Crippen LogP) is 7.54. The number of benzene rings is 1. The molecule has 1 aromatic carbocycles. The van der Waals surface area contributed by atoms with Gasteiger partial charge in [-0.25, -0.2) is 0 Å². The Kier molecular flexibility index (Phi) is 11.9. The molecule has 1 unspecified atom stereocenters. The van der Waals surface area contributed by atoms with Gasteiger partial charge in [0.25, 0.3) is 0 Å². The summed E-state index contributed by atoms with van der Waals surface area (Å²) in [4.78, 5) is 10.9. The number of carboxylic acids is 1. The molecule has 2 N–H and O–H groups in total. The van der Waals surface area contributed by atoms with Crippen molar-refractivity contribution in [2.45, 2.75) is 91.6 Å². The average Bonchev–Trinajstić information content (AvgIpc) is 3.22. The number of hydrogen-bond acceptors (Lipinski definition) is 3. The minimum atomic E-state index is -0.846. The monoisotopic (exact) mass is 442 g/mol. The molecule has 2 rings (SSSR count). The second-order valence-electron chi connectivity index (χ2n) is 8.64. The number of aliphatic carboxylic acids is 1. The number of para-hydroxylation sites is 1. The smallest absolute Gasteiger partial charge is 0.303 e. The van der Waals surface area contributed by atoms with Crippen LogP contribution in [0.1, 0.15) is 90.7 Å². The molecule has 0 bridgehead atoms. The van der Waals surface area contributed by atoms with Crippen LogP contribution in [0, 0.1) is 5.92 Å². The third kappa shape index (κ3) is 8.57.